The van der Waals surface area contributed by atoms with Crippen LogP contribution in [0, 0.1) is 17.5 Å². The van der Waals surface area contributed by atoms with Crippen molar-refractivity contribution in [2.45, 2.75) is 31.5 Å². The predicted molar refractivity (Wildman–Crippen MR) is 126 cm³/mol. The van der Waals surface area contributed by atoms with Crippen molar-refractivity contribution in [2.24, 2.45) is 0 Å². The minimum atomic E-state index is -1.33. The van der Waals surface area contributed by atoms with Crippen molar-refractivity contribution in [1.82, 2.24) is 10.2 Å². The lowest BCUT2D eigenvalue weighted by molar-refractivity contribution is -0.135. The number of nitrogens with zero attached hydrogens (tertiary/aromatic N) is 1. The van der Waals surface area contributed by atoms with Crippen LogP contribution in [-0.2, 0) is 22.7 Å². The summed E-state index contributed by atoms with van der Waals surface area (Å²) in [5.41, 5.74) is 1.42. The van der Waals surface area contributed by atoms with E-state index in [0.29, 0.717) is 11.8 Å². The van der Waals surface area contributed by atoms with Crippen LogP contribution in [0.15, 0.2) is 66.7 Å². The van der Waals surface area contributed by atoms with Crippen LogP contribution in [0.2, 0.25) is 0 Å². The van der Waals surface area contributed by atoms with Crippen molar-refractivity contribution in [2.75, 3.05) is 13.7 Å². The van der Waals surface area contributed by atoms with E-state index in [0.717, 1.165) is 17.2 Å². The second-order valence-corrected chi connectivity index (χ2v) is 8.53. The molecule has 0 aromatic heterocycles. The van der Waals surface area contributed by atoms with E-state index in [-0.39, 0.29) is 37.6 Å². The molecule has 2 unspecified atom stereocenters. The number of alkyl carbamates (subject to hydrolysis) is 1. The van der Waals surface area contributed by atoms with Gasteiger partial charge in [-0.3, -0.25) is 4.79 Å². The Bertz CT molecular complexity index is 1220. The molecule has 0 spiro atoms. The van der Waals surface area contributed by atoms with Crippen molar-refractivity contribution in [3.63, 3.8) is 0 Å². The molecule has 1 fully saturated rings. The van der Waals surface area contributed by atoms with Crippen LogP contribution in [0.5, 0.6) is 5.75 Å². The van der Waals surface area contributed by atoms with Gasteiger partial charge in [0.25, 0.3) is 0 Å². The molecule has 0 aliphatic carbocycles. The van der Waals surface area contributed by atoms with Gasteiger partial charge < -0.3 is 19.7 Å². The molecule has 0 radical (unpaired) electrons. The average Bonchev–Trinajstić information content (AvgIpc) is 2.88. The van der Waals surface area contributed by atoms with E-state index in [1.807, 2.05) is 30.3 Å². The highest BCUT2D eigenvalue weighted by Crippen LogP contribution is 2.33. The molecular formula is C27H25F3N2O4. The molecule has 2 amide bonds. The number of rotatable bonds is 7. The second-order valence-electron chi connectivity index (χ2n) is 8.53. The second kappa shape index (κ2) is 11.2. The minimum Gasteiger partial charge on any atom is -0.497 e. The monoisotopic (exact) mass is 498 g/mol. The van der Waals surface area contributed by atoms with Crippen molar-refractivity contribution in [3.05, 3.63) is 101 Å². The fraction of sp³-hybridized carbons (Fsp3) is 0.259. The van der Waals surface area contributed by atoms with Crippen LogP contribution in [-0.4, -0.2) is 36.6 Å². The van der Waals surface area contributed by atoms with Crippen molar-refractivity contribution in [1.29, 1.82) is 0 Å². The highest BCUT2D eigenvalue weighted by atomic mass is 19.2. The number of methoxy groups -OCH3 is 1. The molecule has 6 nitrogen and oxygen atoms in total. The Labute approximate surface area is 206 Å². The van der Waals surface area contributed by atoms with Gasteiger partial charge in [0.1, 0.15) is 18.2 Å². The fourth-order valence-corrected chi connectivity index (χ4v) is 4.24. The van der Waals surface area contributed by atoms with E-state index in [2.05, 4.69) is 5.32 Å². The topological polar surface area (TPSA) is 67.9 Å². The zero-order chi connectivity index (χ0) is 25.7. The Kier molecular flexibility index (Phi) is 7.77. The number of carbonyl (C=O) groups is 2. The number of piperidine rings is 1. The van der Waals surface area contributed by atoms with E-state index < -0.39 is 35.5 Å². The molecule has 1 aliphatic rings. The predicted octanol–water partition coefficient (Wildman–Crippen LogP) is 4.92. The van der Waals surface area contributed by atoms with Crippen LogP contribution in [0.3, 0.4) is 0 Å². The average molecular weight is 499 g/mol. The summed E-state index contributed by atoms with van der Waals surface area (Å²) in [4.78, 5) is 27.1. The molecule has 9 heteroatoms. The molecule has 3 aromatic rings. The van der Waals surface area contributed by atoms with Gasteiger partial charge in [0.05, 0.1) is 13.2 Å². The third-order valence-electron chi connectivity index (χ3n) is 6.14. The maximum Gasteiger partial charge on any atom is 0.407 e. The first-order valence-corrected chi connectivity index (χ1v) is 11.4. The van der Waals surface area contributed by atoms with Crippen LogP contribution in [0.25, 0.3) is 0 Å². The molecule has 4 rings (SSSR count). The smallest absolute Gasteiger partial charge is 0.407 e. The number of hydrogen-bond donors (Lipinski definition) is 1. The van der Waals surface area contributed by atoms with E-state index >= 15 is 0 Å². The number of hydrogen-bond acceptors (Lipinski definition) is 4. The number of carbonyl (C=O) groups excluding carboxylic acids is 2. The van der Waals surface area contributed by atoms with E-state index in [1.54, 1.807) is 31.4 Å². The number of likely N-dealkylation sites (tertiary alicyclic amines) is 1. The van der Waals surface area contributed by atoms with Gasteiger partial charge in [0.2, 0.25) is 5.91 Å². The van der Waals surface area contributed by atoms with Crippen molar-refractivity contribution in [3.8, 4) is 5.75 Å². The molecular weight excluding hydrogens is 473 g/mol. The number of ether oxygens (including phenoxy) is 2. The standard InChI is InChI=1S/C27H25F3N2O4/c1-35-19-9-7-17(8-10-19)14-32-15-25(31-27(34)36-16-18-5-3-2-4-6-18)21(12-26(32)33)20-11-23(29)24(30)13-22(20)28/h2-11,13,21,25H,12,14-16H2,1H3,(H,31,34). The third kappa shape index (κ3) is 5.97. The lowest BCUT2D eigenvalue weighted by Crippen LogP contribution is -2.53. The van der Waals surface area contributed by atoms with E-state index in [1.165, 1.54) is 4.90 Å². The van der Waals surface area contributed by atoms with Gasteiger partial charge in [-0.05, 0) is 34.9 Å². The van der Waals surface area contributed by atoms with Crippen LogP contribution in [0.4, 0.5) is 18.0 Å². The van der Waals surface area contributed by atoms with Gasteiger partial charge in [0, 0.05) is 31.5 Å². The molecule has 36 heavy (non-hydrogen) atoms. The van der Waals surface area contributed by atoms with Gasteiger partial charge in [-0.2, -0.15) is 0 Å². The molecule has 1 aliphatic heterocycles. The van der Waals surface area contributed by atoms with E-state index in [4.69, 9.17) is 9.47 Å². The first kappa shape index (κ1) is 25.1. The molecule has 2 atom stereocenters. The Balaban J connectivity index is 1.54. The molecule has 1 heterocycles. The van der Waals surface area contributed by atoms with Crippen molar-refractivity contribution >= 4 is 12.0 Å². The maximum atomic E-state index is 14.7. The quantitative estimate of drug-likeness (QED) is 0.470. The fourth-order valence-electron chi connectivity index (χ4n) is 4.24. The molecule has 1 N–H and O–H groups in total. The molecule has 3 aromatic carbocycles. The molecule has 0 bridgehead atoms. The number of halogens is 3. The highest BCUT2D eigenvalue weighted by Gasteiger charge is 2.38. The van der Waals surface area contributed by atoms with Crippen LogP contribution < -0.4 is 10.1 Å². The Morgan fingerprint density at radius 3 is 2.36 bits per heavy atom. The summed E-state index contributed by atoms with van der Waals surface area (Å²) in [6, 6.07) is 16.6. The highest BCUT2D eigenvalue weighted by molar-refractivity contribution is 5.79. The van der Waals surface area contributed by atoms with E-state index in [9.17, 15) is 22.8 Å². The maximum absolute atomic E-state index is 14.7. The van der Waals surface area contributed by atoms with Gasteiger partial charge in [-0.1, -0.05) is 42.5 Å². The van der Waals surface area contributed by atoms with Gasteiger partial charge >= 0.3 is 6.09 Å². The van der Waals surface area contributed by atoms with Crippen molar-refractivity contribution < 1.29 is 32.2 Å². The third-order valence-corrected chi connectivity index (χ3v) is 6.14. The molecule has 1 saturated heterocycles. The molecule has 0 saturated carbocycles. The van der Waals surface area contributed by atoms with Gasteiger partial charge in [-0.15, -0.1) is 0 Å². The minimum absolute atomic E-state index is 0.0120. The number of nitrogens with one attached hydrogen (secondary N) is 1. The zero-order valence-electron chi connectivity index (χ0n) is 19.5. The lowest BCUT2D eigenvalue weighted by atomic mass is 9.84. The summed E-state index contributed by atoms with van der Waals surface area (Å²) < 4.78 is 52.6. The lowest BCUT2D eigenvalue weighted by Gasteiger charge is -2.38. The number of amides is 2. The summed E-state index contributed by atoms with van der Waals surface area (Å²) in [6.45, 7) is 0.277. The summed E-state index contributed by atoms with van der Waals surface area (Å²) in [7, 11) is 1.55. The summed E-state index contributed by atoms with van der Waals surface area (Å²) in [5, 5.41) is 2.70. The summed E-state index contributed by atoms with van der Waals surface area (Å²) >= 11 is 0. The van der Waals surface area contributed by atoms with Crippen LogP contribution >= 0.6 is 0 Å². The zero-order valence-corrected chi connectivity index (χ0v) is 19.5. The van der Waals surface area contributed by atoms with Crippen LogP contribution in [0.1, 0.15) is 29.0 Å². The first-order valence-electron chi connectivity index (χ1n) is 11.4. The molecule has 188 valence electrons. The van der Waals surface area contributed by atoms with Gasteiger partial charge in [-0.25, -0.2) is 18.0 Å². The first-order chi connectivity index (χ1) is 17.3. The Morgan fingerprint density at radius 1 is 0.972 bits per heavy atom. The number of benzene rings is 3. The Morgan fingerprint density at radius 2 is 1.67 bits per heavy atom. The van der Waals surface area contributed by atoms with Gasteiger partial charge in [0.15, 0.2) is 11.6 Å². The normalized spacial score (nSPS) is 17.6. The summed E-state index contributed by atoms with van der Waals surface area (Å²) in [6.07, 6.45) is -0.975. The largest absolute Gasteiger partial charge is 0.497 e. The summed E-state index contributed by atoms with van der Waals surface area (Å²) in [5.74, 6) is -4.10. The Hall–Kier alpha value is -4.01. The SMILES string of the molecule is COc1ccc(CN2CC(NC(=O)OCc3ccccc3)C(c3cc(F)c(F)cc3F)CC2=O)cc1.